The Morgan fingerprint density at radius 2 is 2.11 bits per heavy atom. The van der Waals surface area contributed by atoms with E-state index in [-0.39, 0.29) is 18.6 Å². The first-order chi connectivity index (χ1) is 8.79. The van der Waals surface area contributed by atoms with Gasteiger partial charge in [-0.05, 0) is 17.9 Å². The summed E-state index contributed by atoms with van der Waals surface area (Å²) in [4.78, 5) is 11.7. The third-order valence-electron chi connectivity index (χ3n) is 3.61. The summed E-state index contributed by atoms with van der Waals surface area (Å²) < 4.78 is 4.87. The van der Waals surface area contributed by atoms with Crippen molar-refractivity contribution in [2.45, 2.75) is 31.7 Å². The van der Waals surface area contributed by atoms with Crippen LogP contribution < -0.4 is 5.32 Å². The third-order valence-corrected chi connectivity index (χ3v) is 3.61. The fraction of sp³-hybridized carbons (Fsp3) is 0.533. The number of hydrogen-bond acceptors (Lipinski definition) is 2. The second-order valence-corrected chi connectivity index (χ2v) is 5.00. The van der Waals surface area contributed by atoms with Crippen molar-refractivity contribution < 1.29 is 9.53 Å². The van der Waals surface area contributed by atoms with E-state index < -0.39 is 0 Å². The van der Waals surface area contributed by atoms with Gasteiger partial charge in [0.1, 0.15) is 6.61 Å². The van der Waals surface area contributed by atoms with Gasteiger partial charge in [0.25, 0.3) is 0 Å². The van der Waals surface area contributed by atoms with Gasteiger partial charge in [0.05, 0.1) is 6.04 Å². The van der Waals surface area contributed by atoms with Gasteiger partial charge in [-0.3, -0.25) is 4.79 Å². The maximum absolute atomic E-state index is 11.7. The molecular weight excluding hydrogens is 226 g/mol. The van der Waals surface area contributed by atoms with E-state index in [1.807, 2.05) is 18.2 Å². The lowest BCUT2D eigenvalue weighted by Gasteiger charge is -2.30. The molecular formula is C15H21NO2. The van der Waals surface area contributed by atoms with Gasteiger partial charge in [0, 0.05) is 7.11 Å². The van der Waals surface area contributed by atoms with Crippen LogP contribution in [0.25, 0.3) is 0 Å². The van der Waals surface area contributed by atoms with Crippen LogP contribution in [0.3, 0.4) is 0 Å². The van der Waals surface area contributed by atoms with E-state index in [4.69, 9.17) is 4.74 Å². The Bertz CT molecular complexity index is 373. The van der Waals surface area contributed by atoms with Crippen LogP contribution >= 0.6 is 0 Å². The molecule has 3 nitrogen and oxygen atoms in total. The number of carbonyl (C=O) groups is 1. The van der Waals surface area contributed by atoms with Crippen molar-refractivity contribution in [3.63, 3.8) is 0 Å². The molecule has 0 bridgehead atoms. The summed E-state index contributed by atoms with van der Waals surface area (Å²) in [5, 5.41) is 3.07. The zero-order valence-electron chi connectivity index (χ0n) is 10.9. The largest absolute Gasteiger partial charge is 0.375 e. The predicted molar refractivity (Wildman–Crippen MR) is 71.2 cm³/mol. The molecule has 1 N–H and O–H groups in total. The molecule has 1 fully saturated rings. The molecule has 1 aliphatic carbocycles. The van der Waals surface area contributed by atoms with Gasteiger partial charge in [0.15, 0.2) is 0 Å². The van der Waals surface area contributed by atoms with E-state index in [2.05, 4.69) is 17.4 Å². The lowest BCUT2D eigenvalue weighted by Crippen LogP contribution is -2.33. The van der Waals surface area contributed by atoms with E-state index in [1.54, 1.807) is 7.11 Å². The number of benzene rings is 1. The molecule has 18 heavy (non-hydrogen) atoms. The molecule has 1 aromatic carbocycles. The molecule has 3 heteroatoms. The van der Waals surface area contributed by atoms with E-state index in [9.17, 15) is 4.79 Å². The fourth-order valence-corrected chi connectivity index (χ4v) is 2.39. The quantitative estimate of drug-likeness (QED) is 0.839. The van der Waals surface area contributed by atoms with Crippen molar-refractivity contribution in [2.24, 2.45) is 5.92 Å². The zero-order chi connectivity index (χ0) is 12.8. The van der Waals surface area contributed by atoms with Crippen molar-refractivity contribution in [3.05, 3.63) is 35.9 Å². The third kappa shape index (κ3) is 3.57. The van der Waals surface area contributed by atoms with Gasteiger partial charge >= 0.3 is 0 Å². The predicted octanol–water partition coefficient (Wildman–Crippen LogP) is 2.68. The molecule has 0 spiro atoms. The van der Waals surface area contributed by atoms with Crippen LogP contribution in [0.1, 0.15) is 37.3 Å². The minimum absolute atomic E-state index is 0.0364. The summed E-state index contributed by atoms with van der Waals surface area (Å²) in [6.45, 7) is 0.133. The molecule has 0 aromatic heterocycles. The summed E-state index contributed by atoms with van der Waals surface area (Å²) in [5.74, 6) is 0.726. The first-order valence-electron chi connectivity index (χ1n) is 6.63. The van der Waals surface area contributed by atoms with Gasteiger partial charge in [-0.15, -0.1) is 0 Å². The highest BCUT2D eigenvalue weighted by Gasteiger charge is 2.24. The smallest absolute Gasteiger partial charge is 0.246 e. The SMILES string of the molecule is COCC(=O)N[C@@H](CC1CCC1)c1ccccc1. The Labute approximate surface area is 109 Å². The second-order valence-electron chi connectivity index (χ2n) is 5.00. The highest BCUT2D eigenvalue weighted by Crippen LogP contribution is 2.34. The Morgan fingerprint density at radius 3 is 2.67 bits per heavy atom. The molecule has 1 atom stereocenters. The van der Waals surface area contributed by atoms with Gasteiger partial charge in [-0.1, -0.05) is 49.6 Å². The molecule has 1 amide bonds. The normalized spacial score (nSPS) is 16.9. The Kier molecular flexibility index (Phi) is 4.76. The number of hydrogen-bond donors (Lipinski definition) is 1. The van der Waals surface area contributed by atoms with Crippen LogP contribution in [0.5, 0.6) is 0 Å². The highest BCUT2D eigenvalue weighted by atomic mass is 16.5. The maximum Gasteiger partial charge on any atom is 0.246 e. The molecule has 0 saturated heterocycles. The van der Waals surface area contributed by atoms with Crippen LogP contribution in [0.15, 0.2) is 30.3 Å². The van der Waals surface area contributed by atoms with Gasteiger partial charge in [-0.2, -0.15) is 0 Å². The Balaban J connectivity index is 1.99. The van der Waals surface area contributed by atoms with Crippen molar-refractivity contribution in [2.75, 3.05) is 13.7 Å². The van der Waals surface area contributed by atoms with Gasteiger partial charge < -0.3 is 10.1 Å². The van der Waals surface area contributed by atoms with Crippen LogP contribution in [0.4, 0.5) is 0 Å². The summed E-state index contributed by atoms with van der Waals surface area (Å²) >= 11 is 0. The molecule has 1 aliphatic rings. The number of ether oxygens (including phenoxy) is 1. The van der Waals surface area contributed by atoms with Crippen molar-refractivity contribution in [1.82, 2.24) is 5.32 Å². The summed E-state index contributed by atoms with van der Waals surface area (Å²) in [6.07, 6.45) is 4.96. The standard InChI is InChI=1S/C15H21NO2/c1-18-11-15(17)16-14(10-12-6-5-7-12)13-8-3-2-4-9-13/h2-4,8-9,12,14H,5-7,10-11H2,1H3,(H,16,17)/t14-/m0/s1. The minimum atomic E-state index is -0.0364. The minimum Gasteiger partial charge on any atom is -0.375 e. The monoisotopic (exact) mass is 247 g/mol. The lowest BCUT2D eigenvalue weighted by molar-refractivity contribution is -0.125. The van der Waals surface area contributed by atoms with Crippen molar-refractivity contribution in [1.29, 1.82) is 0 Å². The van der Waals surface area contributed by atoms with Crippen LogP contribution in [0.2, 0.25) is 0 Å². The lowest BCUT2D eigenvalue weighted by atomic mass is 9.79. The van der Waals surface area contributed by atoms with Crippen LogP contribution in [-0.2, 0) is 9.53 Å². The zero-order valence-corrected chi connectivity index (χ0v) is 10.9. The summed E-state index contributed by atoms with van der Waals surface area (Å²) in [6, 6.07) is 10.3. The van der Waals surface area contributed by atoms with E-state index >= 15 is 0 Å². The number of rotatable bonds is 6. The van der Waals surface area contributed by atoms with Crippen LogP contribution in [0, 0.1) is 5.92 Å². The first kappa shape index (κ1) is 13.1. The summed E-state index contributed by atoms with van der Waals surface area (Å²) in [7, 11) is 1.54. The van der Waals surface area contributed by atoms with Crippen molar-refractivity contribution >= 4 is 5.91 Å². The Morgan fingerprint density at radius 1 is 1.39 bits per heavy atom. The van der Waals surface area contributed by atoms with E-state index in [0.29, 0.717) is 0 Å². The van der Waals surface area contributed by atoms with E-state index in [0.717, 1.165) is 12.3 Å². The molecule has 0 unspecified atom stereocenters. The number of amides is 1. The maximum atomic E-state index is 11.7. The summed E-state index contributed by atoms with van der Waals surface area (Å²) in [5.41, 5.74) is 1.19. The van der Waals surface area contributed by atoms with Crippen molar-refractivity contribution in [3.8, 4) is 0 Å². The average Bonchev–Trinajstić information content (AvgIpc) is 2.33. The molecule has 2 rings (SSSR count). The Hall–Kier alpha value is -1.35. The molecule has 0 heterocycles. The molecule has 1 aromatic rings. The fourth-order valence-electron chi connectivity index (χ4n) is 2.39. The molecule has 1 saturated carbocycles. The number of methoxy groups -OCH3 is 1. The molecule has 98 valence electrons. The van der Waals surface area contributed by atoms with Gasteiger partial charge in [0.2, 0.25) is 5.91 Å². The average molecular weight is 247 g/mol. The number of nitrogens with one attached hydrogen (secondary N) is 1. The van der Waals surface area contributed by atoms with Gasteiger partial charge in [-0.25, -0.2) is 0 Å². The highest BCUT2D eigenvalue weighted by molar-refractivity contribution is 5.77. The molecule has 0 aliphatic heterocycles. The number of carbonyl (C=O) groups excluding carboxylic acids is 1. The second kappa shape index (κ2) is 6.55. The van der Waals surface area contributed by atoms with E-state index in [1.165, 1.54) is 24.8 Å². The van der Waals surface area contributed by atoms with Crippen LogP contribution in [-0.4, -0.2) is 19.6 Å². The topological polar surface area (TPSA) is 38.3 Å². The molecule has 0 radical (unpaired) electrons. The first-order valence-corrected chi connectivity index (χ1v) is 6.63.